The molecule has 0 saturated heterocycles. The topological polar surface area (TPSA) is 62.3 Å². The lowest BCUT2D eigenvalue weighted by atomic mass is 10.1. The number of amides is 2. The fourth-order valence-corrected chi connectivity index (χ4v) is 3.29. The van der Waals surface area contributed by atoms with E-state index in [2.05, 4.69) is 38.0 Å². The summed E-state index contributed by atoms with van der Waals surface area (Å²) in [5.74, 6) is 0.368. The highest BCUT2D eigenvalue weighted by Gasteiger charge is 2.21. The van der Waals surface area contributed by atoms with Crippen LogP contribution in [-0.4, -0.2) is 34.8 Å². The first-order valence-corrected chi connectivity index (χ1v) is 9.83. The first-order chi connectivity index (χ1) is 12.3. The monoisotopic (exact) mass is 393 g/mol. The number of aromatic nitrogens is 1. The maximum absolute atomic E-state index is 12.8. The molecule has 0 saturated carbocycles. The van der Waals surface area contributed by atoms with E-state index in [1.807, 2.05) is 4.90 Å². The molecule has 7 heteroatoms. The molecule has 1 aromatic heterocycles. The van der Waals surface area contributed by atoms with E-state index >= 15 is 0 Å². The SMILES string of the molecule is CC(C)CN(CC(C)C)C(=O)c1csc(NC(=O)c2ccc(Cl)cc2)n1. The van der Waals surface area contributed by atoms with Gasteiger partial charge in [0.1, 0.15) is 5.69 Å². The molecule has 0 bridgehead atoms. The number of rotatable bonds is 7. The molecule has 140 valence electrons. The number of hydrogen-bond donors (Lipinski definition) is 1. The molecule has 2 rings (SSSR count). The van der Waals surface area contributed by atoms with Crippen molar-refractivity contribution >= 4 is 39.9 Å². The van der Waals surface area contributed by atoms with Crippen molar-refractivity contribution in [1.82, 2.24) is 9.88 Å². The second kappa shape index (κ2) is 9.14. The standard InChI is InChI=1S/C19H24ClN3O2S/c1-12(2)9-23(10-13(3)4)18(25)16-11-26-19(21-16)22-17(24)14-5-7-15(20)8-6-14/h5-8,11-13H,9-10H2,1-4H3,(H,21,22,24). The first-order valence-electron chi connectivity index (χ1n) is 8.58. The highest BCUT2D eigenvalue weighted by molar-refractivity contribution is 7.14. The average molecular weight is 394 g/mol. The minimum atomic E-state index is -0.281. The number of nitrogens with one attached hydrogen (secondary N) is 1. The van der Waals surface area contributed by atoms with Gasteiger partial charge in [0.15, 0.2) is 5.13 Å². The molecular formula is C19H24ClN3O2S. The van der Waals surface area contributed by atoms with Gasteiger partial charge in [-0.1, -0.05) is 39.3 Å². The number of hydrogen-bond acceptors (Lipinski definition) is 4. The predicted molar refractivity (Wildman–Crippen MR) is 107 cm³/mol. The van der Waals surface area contributed by atoms with Crippen LogP contribution < -0.4 is 5.32 Å². The molecule has 0 aliphatic carbocycles. The largest absolute Gasteiger partial charge is 0.337 e. The van der Waals surface area contributed by atoms with Gasteiger partial charge in [-0.15, -0.1) is 11.3 Å². The summed E-state index contributed by atoms with van der Waals surface area (Å²) in [6.07, 6.45) is 0. The number of carbonyl (C=O) groups excluding carboxylic acids is 2. The van der Waals surface area contributed by atoms with Crippen LogP contribution in [0.4, 0.5) is 5.13 Å². The van der Waals surface area contributed by atoms with Gasteiger partial charge in [0, 0.05) is 29.1 Å². The third-order valence-electron chi connectivity index (χ3n) is 3.51. The smallest absolute Gasteiger partial charge is 0.273 e. The predicted octanol–water partition coefficient (Wildman–Crippen LogP) is 4.80. The average Bonchev–Trinajstić information content (AvgIpc) is 3.01. The van der Waals surface area contributed by atoms with E-state index in [4.69, 9.17) is 11.6 Å². The molecule has 0 fully saturated rings. The third-order valence-corrected chi connectivity index (χ3v) is 4.52. The maximum atomic E-state index is 12.8. The Labute approximate surface area is 163 Å². The lowest BCUT2D eigenvalue weighted by molar-refractivity contribution is 0.0710. The highest BCUT2D eigenvalue weighted by atomic mass is 35.5. The van der Waals surface area contributed by atoms with Gasteiger partial charge in [-0.2, -0.15) is 0 Å². The van der Waals surface area contributed by atoms with Crippen molar-refractivity contribution in [3.63, 3.8) is 0 Å². The molecule has 5 nitrogen and oxygen atoms in total. The number of carbonyl (C=O) groups is 2. The second-order valence-electron chi connectivity index (χ2n) is 7.00. The molecule has 1 aromatic carbocycles. The van der Waals surface area contributed by atoms with Crippen LogP contribution in [0.1, 0.15) is 48.5 Å². The van der Waals surface area contributed by atoms with Crippen molar-refractivity contribution in [3.8, 4) is 0 Å². The van der Waals surface area contributed by atoms with Gasteiger partial charge in [-0.3, -0.25) is 14.9 Å². The number of anilines is 1. The minimum Gasteiger partial charge on any atom is -0.337 e. The summed E-state index contributed by atoms with van der Waals surface area (Å²) in [4.78, 5) is 31.1. The molecule has 1 N–H and O–H groups in total. The lowest BCUT2D eigenvalue weighted by Crippen LogP contribution is -2.37. The second-order valence-corrected chi connectivity index (χ2v) is 8.29. The van der Waals surface area contributed by atoms with E-state index in [9.17, 15) is 9.59 Å². The first kappa shape index (κ1) is 20.4. The van der Waals surface area contributed by atoms with Gasteiger partial charge < -0.3 is 4.90 Å². The van der Waals surface area contributed by atoms with Crippen LogP contribution in [-0.2, 0) is 0 Å². The van der Waals surface area contributed by atoms with E-state index in [1.165, 1.54) is 11.3 Å². The van der Waals surface area contributed by atoms with Crippen LogP contribution >= 0.6 is 22.9 Å². The van der Waals surface area contributed by atoms with Crippen LogP contribution in [0.5, 0.6) is 0 Å². The summed E-state index contributed by atoms with van der Waals surface area (Å²) < 4.78 is 0. The van der Waals surface area contributed by atoms with Crippen molar-refractivity contribution in [2.45, 2.75) is 27.7 Å². The molecular weight excluding hydrogens is 370 g/mol. The van der Waals surface area contributed by atoms with E-state index in [1.54, 1.807) is 29.6 Å². The van der Waals surface area contributed by atoms with E-state index < -0.39 is 0 Å². The summed E-state index contributed by atoms with van der Waals surface area (Å²) in [6, 6.07) is 6.60. The van der Waals surface area contributed by atoms with E-state index in [-0.39, 0.29) is 11.8 Å². The zero-order valence-electron chi connectivity index (χ0n) is 15.5. The summed E-state index contributed by atoms with van der Waals surface area (Å²) in [5.41, 5.74) is 0.849. The van der Waals surface area contributed by atoms with Crippen LogP contribution in [0.3, 0.4) is 0 Å². The van der Waals surface area contributed by atoms with Crippen molar-refractivity contribution in [3.05, 3.63) is 45.9 Å². The molecule has 0 atom stereocenters. The quantitative estimate of drug-likeness (QED) is 0.734. The summed E-state index contributed by atoms with van der Waals surface area (Å²) in [7, 11) is 0. The Kier molecular flexibility index (Phi) is 7.17. The number of nitrogens with zero attached hydrogens (tertiary/aromatic N) is 2. The summed E-state index contributed by atoms with van der Waals surface area (Å²) >= 11 is 7.07. The molecule has 2 amide bonds. The number of halogens is 1. The van der Waals surface area contributed by atoms with Crippen molar-refractivity contribution in [2.75, 3.05) is 18.4 Å². The molecule has 26 heavy (non-hydrogen) atoms. The van der Waals surface area contributed by atoms with Gasteiger partial charge in [-0.05, 0) is 36.1 Å². The van der Waals surface area contributed by atoms with Crippen molar-refractivity contribution in [2.24, 2.45) is 11.8 Å². The Hall–Kier alpha value is -1.92. The zero-order chi connectivity index (χ0) is 19.3. The fraction of sp³-hybridized carbons (Fsp3) is 0.421. The van der Waals surface area contributed by atoms with Gasteiger partial charge in [0.05, 0.1) is 0 Å². The molecule has 0 aliphatic heterocycles. The Morgan fingerprint density at radius 2 is 1.69 bits per heavy atom. The fourth-order valence-electron chi connectivity index (χ4n) is 2.48. The van der Waals surface area contributed by atoms with Crippen molar-refractivity contribution in [1.29, 1.82) is 0 Å². The number of thiazole rings is 1. The highest BCUT2D eigenvalue weighted by Crippen LogP contribution is 2.19. The third kappa shape index (κ3) is 5.81. The van der Waals surface area contributed by atoms with E-state index in [0.717, 1.165) is 0 Å². The summed E-state index contributed by atoms with van der Waals surface area (Å²) in [6.45, 7) is 9.69. The molecule has 0 aliphatic rings. The lowest BCUT2D eigenvalue weighted by Gasteiger charge is -2.25. The normalized spacial score (nSPS) is 11.0. The Morgan fingerprint density at radius 1 is 1.12 bits per heavy atom. The molecule has 0 unspecified atom stereocenters. The Bertz CT molecular complexity index is 746. The Balaban J connectivity index is 2.08. The van der Waals surface area contributed by atoms with Gasteiger partial charge in [0.25, 0.3) is 11.8 Å². The molecule has 0 spiro atoms. The zero-order valence-corrected chi connectivity index (χ0v) is 17.0. The maximum Gasteiger partial charge on any atom is 0.273 e. The van der Waals surface area contributed by atoms with E-state index in [0.29, 0.717) is 46.3 Å². The molecule has 2 aromatic rings. The minimum absolute atomic E-state index is 0.101. The number of benzene rings is 1. The van der Waals surface area contributed by atoms with Crippen LogP contribution in [0.2, 0.25) is 5.02 Å². The van der Waals surface area contributed by atoms with Crippen molar-refractivity contribution < 1.29 is 9.59 Å². The van der Waals surface area contributed by atoms with Gasteiger partial charge in [-0.25, -0.2) is 4.98 Å². The molecule has 0 radical (unpaired) electrons. The Morgan fingerprint density at radius 3 is 2.23 bits per heavy atom. The van der Waals surface area contributed by atoms with Crippen LogP contribution in [0.25, 0.3) is 0 Å². The summed E-state index contributed by atoms with van der Waals surface area (Å²) in [5, 5.41) is 5.39. The van der Waals surface area contributed by atoms with Crippen LogP contribution in [0, 0.1) is 11.8 Å². The van der Waals surface area contributed by atoms with Gasteiger partial charge >= 0.3 is 0 Å². The van der Waals surface area contributed by atoms with Crippen LogP contribution in [0.15, 0.2) is 29.6 Å². The molecule has 1 heterocycles. The van der Waals surface area contributed by atoms with Gasteiger partial charge in [0.2, 0.25) is 0 Å².